The van der Waals surface area contributed by atoms with Gasteiger partial charge in [-0.05, 0) is 37.5 Å². The summed E-state index contributed by atoms with van der Waals surface area (Å²) < 4.78 is 68.2. The highest BCUT2D eigenvalue weighted by molar-refractivity contribution is 7.47. The predicted molar refractivity (Wildman–Crippen MR) is 354 cm³/mol. The smallest absolute Gasteiger partial charge is 0.462 e. The lowest BCUT2D eigenvalue weighted by Gasteiger charge is -2.21. The van der Waals surface area contributed by atoms with Gasteiger partial charge in [0, 0.05) is 25.7 Å². The van der Waals surface area contributed by atoms with Crippen LogP contribution < -0.4 is 0 Å². The van der Waals surface area contributed by atoms with Crippen molar-refractivity contribution in [1.82, 2.24) is 0 Å². The van der Waals surface area contributed by atoms with Crippen molar-refractivity contribution in [2.24, 2.45) is 11.8 Å². The van der Waals surface area contributed by atoms with E-state index in [4.69, 9.17) is 37.0 Å². The normalized spacial score (nSPS) is 14.5. The van der Waals surface area contributed by atoms with E-state index in [2.05, 4.69) is 41.5 Å². The second kappa shape index (κ2) is 61.3. The van der Waals surface area contributed by atoms with Crippen molar-refractivity contribution in [3.63, 3.8) is 0 Å². The Hall–Kier alpha value is -1.94. The van der Waals surface area contributed by atoms with Gasteiger partial charge in [-0.15, -0.1) is 0 Å². The lowest BCUT2D eigenvalue weighted by atomic mass is 10.00. The number of rotatable bonds is 68. The van der Waals surface area contributed by atoms with Crippen molar-refractivity contribution in [2.45, 2.75) is 368 Å². The van der Waals surface area contributed by atoms with Crippen LogP contribution >= 0.6 is 15.6 Å². The quantitative estimate of drug-likeness (QED) is 0.0222. The fourth-order valence-corrected chi connectivity index (χ4v) is 12.0. The summed E-state index contributed by atoms with van der Waals surface area (Å²) in [4.78, 5) is 72.4. The van der Waals surface area contributed by atoms with Gasteiger partial charge in [0.1, 0.15) is 19.3 Å². The summed E-state index contributed by atoms with van der Waals surface area (Å²) >= 11 is 0. The van der Waals surface area contributed by atoms with Crippen molar-refractivity contribution >= 4 is 39.5 Å². The molecule has 0 saturated carbocycles. The van der Waals surface area contributed by atoms with Crippen LogP contribution in [0.4, 0.5) is 0 Å². The Labute approximate surface area is 537 Å². The summed E-state index contributed by atoms with van der Waals surface area (Å²) in [7, 11) is -9.89. The molecule has 3 N–H and O–H groups in total. The first kappa shape index (κ1) is 86.1. The third-order valence-corrected chi connectivity index (χ3v) is 18.2. The zero-order valence-corrected chi connectivity index (χ0v) is 58.8. The Bertz CT molecular complexity index is 1720. The van der Waals surface area contributed by atoms with Crippen molar-refractivity contribution in [3.05, 3.63) is 0 Å². The minimum absolute atomic E-state index is 0.103. The molecule has 0 fully saturated rings. The molecular formula is C69H134O17P2. The van der Waals surface area contributed by atoms with Gasteiger partial charge >= 0.3 is 39.5 Å². The number of aliphatic hydroxyl groups is 1. The second-order valence-electron chi connectivity index (χ2n) is 25.6. The van der Waals surface area contributed by atoms with E-state index in [9.17, 15) is 43.2 Å². The fourth-order valence-electron chi connectivity index (χ4n) is 10.4. The number of carbonyl (C=O) groups is 4. The number of aliphatic hydroxyl groups excluding tert-OH is 1. The third kappa shape index (κ3) is 61.6. The zero-order valence-electron chi connectivity index (χ0n) is 57.0. The Morgan fingerprint density at radius 1 is 0.330 bits per heavy atom. The van der Waals surface area contributed by atoms with Crippen LogP contribution in [0.3, 0.4) is 0 Å². The second-order valence-corrected chi connectivity index (χ2v) is 28.5. The summed E-state index contributed by atoms with van der Waals surface area (Å²) in [5, 5.41) is 10.6. The summed E-state index contributed by atoms with van der Waals surface area (Å²) in [6, 6.07) is 0. The molecule has 0 radical (unpaired) electrons. The average Bonchev–Trinajstić information content (AvgIpc) is 3.56. The van der Waals surface area contributed by atoms with Gasteiger partial charge in [-0.3, -0.25) is 37.3 Å². The maximum absolute atomic E-state index is 13.0. The number of hydrogen-bond acceptors (Lipinski definition) is 15. The molecule has 522 valence electrons. The summed E-state index contributed by atoms with van der Waals surface area (Å²) in [6.07, 6.45) is 45.9. The molecule has 19 heteroatoms. The van der Waals surface area contributed by atoms with Gasteiger partial charge in [-0.2, -0.15) is 0 Å². The van der Waals surface area contributed by atoms with E-state index in [1.165, 1.54) is 161 Å². The molecule has 17 nitrogen and oxygen atoms in total. The lowest BCUT2D eigenvalue weighted by molar-refractivity contribution is -0.161. The maximum atomic E-state index is 13.0. The largest absolute Gasteiger partial charge is 0.472 e. The molecule has 0 heterocycles. The van der Waals surface area contributed by atoms with E-state index in [1.807, 2.05) is 0 Å². The summed E-state index contributed by atoms with van der Waals surface area (Å²) in [6.45, 7) is 9.46. The summed E-state index contributed by atoms with van der Waals surface area (Å²) in [5.74, 6) is -0.651. The number of carbonyl (C=O) groups excluding carboxylic acids is 4. The van der Waals surface area contributed by atoms with E-state index in [0.29, 0.717) is 25.7 Å². The molecule has 0 aliphatic rings. The average molecular weight is 1300 g/mol. The van der Waals surface area contributed by atoms with Gasteiger partial charge in [-0.25, -0.2) is 9.13 Å². The fraction of sp³-hybridized carbons (Fsp3) is 0.942. The van der Waals surface area contributed by atoms with Gasteiger partial charge in [0.05, 0.1) is 26.4 Å². The minimum Gasteiger partial charge on any atom is -0.462 e. The van der Waals surface area contributed by atoms with Crippen molar-refractivity contribution < 1.29 is 80.2 Å². The third-order valence-electron chi connectivity index (χ3n) is 16.3. The molecule has 88 heavy (non-hydrogen) atoms. The highest BCUT2D eigenvalue weighted by Crippen LogP contribution is 2.45. The highest BCUT2D eigenvalue weighted by atomic mass is 31.2. The van der Waals surface area contributed by atoms with Crippen molar-refractivity contribution in [3.8, 4) is 0 Å². The Morgan fingerprint density at radius 2 is 0.580 bits per heavy atom. The lowest BCUT2D eigenvalue weighted by Crippen LogP contribution is -2.30. The van der Waals surface area contributed by atoms with Crippen LogP contribution in [-0.4, -0.2) is 96.7 Å². The molecular weight excluding hydrogens is 1160 g/mol. The zero-order chi connectivity index (χ0) is 65.0. The maximum Gasteiger partial charge on any atom is 0.472 e. The van der Waals surface area contributed by atoms with E-state index in [0.717, 1.165) is 108 Å². The van der Waals surface area contributed by atoms with Crippen molar-refractivity contribution in [2.75, 3.05) is 39.6 Å². The van der Waals surface area contributed by atoms with Crippen LogP contribution in [0.1, 0.15) is 350 Å². The molecule has 0 aromatic rings. The number of phosphoric ester groups is 2. The molecule has 0 aromatic carbocycles. The molecule has 0 aliphatic carbocycles. The van der Waals surface area contributed by atoms with Crippen LogP contribution in [0.2, 0.25) is 0 Å². The topological polar surface area (TPSA) is 237 Å². The number of esters is 4. The Morgan fingerprint density at radius 3 is 0.864 bits per heavy atom. The van der Waals surface area contributed by atoms with Gasteiger partial charge < -0.3 is 33.8 Å². The number of unbranched alkanes of at least 4 members (excludes halogenated alkanes) is 37. The molecule has 0 bridgehead atoms. The first-order valence-electron chi connectivity index (χ1n) is 36.0. The van der Waals surface area contributed by atoms with Gasteiger partial charge in [0.25, 0.3) is 0 Å². The SMILES string of the molecule is CCCCCCCCCCCCCCCCCCCC(=O)O[C@H](COC(=O)CCCCCCCCCCCCC(C)C)COP(=O)(O)OC[C@@H](O)COP(=O)(O)OC[C@@H](COC(=O)CCCCCCCCCC)OC(=O)CCCCCCCCC(C)CC. The van der Waals surface area contributed by atoms with E-state index >= 15 is 0 Å². The van der Waals surface area contributed by atoms with Crippen LogP contribution in [0.5, 0.6) is 0 Å². The standard InChI is InChI=1S/C69H134O17P2/c1-7-10-12-14-16-18-19-20-21-22-23-24-25-30-34-41-47-53-68(73)85-64(57-80-67(72)52-46-40-33-29-27-26-28-31-37-43-49-61(4)5)59-83-87(75,76)81-55-63(70)56-82-88(77,78)84-60-65(58-79-66(71)51-45-39-32-17-15-13-11-8-2)86-69(74)54-48-42-36-35-38-44-50-62(6)9-3/h61-65,70H,7-60H2,1-6H3,(H,75,76)(H,77,78)/t62?,63-,64-,65-/m1/s1. The molecule has 0 aromatic heterocycles. The minimum atomic E-state index is -4.95. The van der Waals surface area contributed by atoms with E-state index < -0.39 is 97.5 Å². The summed E-state index contributed by atoms with van der Waals surface area (Å²) in [5.41, 5.74) is 0. The molecule has 0 spiro atoms. The molecule has 0 rings (SSSR count). The predicted octanol–water partition coefficient (Wildman–Crippen LogP) is 19.6. The van der Waals surface area contributed by atoms with Gasteiger partial charge in [-0.1, -0.05) is 298 Å². The Balaban J connectivity index is 5.22. The van der Waals surface area contributed by atoms with Crippen LogP contribution in [0, 0.1) is 11.8 Å². The molecule has 0 saturated heterocycles. The van der Waals surface area contributed by atoms with E-state index in [1.54, 1.807) is 0 Å². The monoisotopic (exact) mass is 1300 g/mol. The molecule has 3 unspecified atom stereocenters. The first-order chi connectivity index (χ1) is 42.4. The molecule has 0 aliphatic heterocycles. The Kier molecular flexibility index (Phi) is 59.9. The van der Waals surface area contributed by atoms with E-state index in [-0.39, 0.29) is 25.7 Å². The van der Waals surface area contributed by atoms with Crippen molar-refractivity contribution in [1.29, 1.82) is 0 Å². The van der Waals surface area contributed by atoms with Crippen LogP contribution in [0.25, 0.3) is 0 Å². The van der Waals surface area contributed by atoms with Gasteiger partial charge in [0.2, 0.25) is 0 Å². The number of ether oxygens (including phenoxy) is 4. The molecule has 0 amide bonds. The van der Waals surface area contributed by atoms with Gasteiger partial charge in [0.15, 0.2) is 12.2 Å². The number of hydrogen-bond donors (Lipinski definition) is 3. The first-order valence-corrected chi connectivity index (χ1v) is 39.0. The van der Waals surface area contributed by atoms with Crippen LogP contribution in [0.15, 0.2) is 0 Å². The number of phosphoric acid groups is 2. The van der Waals surface area contributed by atoms with Crippen LogP contribution in [-0.2, 0) is 65.4 Å². The molecule has 6 atom stereocenters. The highest BCUT2D eigenvalue weighted by Gasteiger charge is 2.30.